The molecule has 0 unspecified atom stereocenters. The Hall–Kier alpha value is -1.71. The van der Waals surface area contributed by atoms with Crippen molar-refractivity contribution in [1.82, 2.24) is 9.78 Å². The van der Waals surface area contributed by atoms with E-state index in [2.05, 4.69) is 5.10 Å². The van der Waals surface area contributed by atoms with E-state index in [9.17, 15) is 9.59 Å². The molecule has 0 amide bonds. The van der Waals surface area contributed by atoms with Crippen LogP contribution in [0.25, 0.3) is 12.2 Å². The second kappa shape index (κ2) is 5.39. The number of Topliss-reactive ketones (excluding diaryl/α,β-unsaturated/α-hetero) is 1. The maximum atomic E-state index is 11.4. The monoisotopic (exact) mass is 220 g/mol. The second-order valence-electron chi connectivity index (χ2n) is 3.45. The highest BCUT2D eigenvalue weighted by atomic mass is 16.1. The summed E-state index contributed by atoms with van der Waals surface area (Å²) in [7, 11) is 0. The Morgan fingerprint density at radius 3 is 2.62 bits per heavy atom. The molecule has 0 saturated heterocycles. The summed E-state index contributed by atoms with van der Waals surface area (Å²) in [5, 5.41) is 5.83. The molecular weight excluding hydrogens is 204 g/mol. The zero-order valence-electron chi connectivity index (χ0n) is 9.86. The molecular formula is C12H16N2O2. The first-order valence-electron chi connectivity index (χ1n) is 5.33. The second-order valence-corrected chi connectivity index (χ2v) is 3.45. The highest BCUT2D eigenvalue weighted by molar-refractivity contribution is 5.92. The molecule has 0 radical (unpaired) electrons. The lowest BCUT2D eigenvalue weighted by Crippen LogP contribution is -2.31. The van der Waals surface area contributed by atoms with E-state index in [1.165, 1.54) is 6.92 Å². The number of hydrogen-bond donors (Lipinski definition) is 0. The number of ketones is 1. The van der Waals surface area contributed by atoms with Crippen molar-refractivity contribution in [3.8, 4) is 0 Å². The summed E-state index contributed by atoms with van der Waals surface area (Å²) in [5.41, 5.74) is 0.434. The van der Waals surface area contributed by atoms with Crippen molar-refractivity contribution in [3.63, 3.8) is 0 Å². The molecule has 0 fully saturated rings. The van der Waals surface area contributed by atoms with Gasteiger partial charge in [-0.25, -0.2) is 0 Å². The molecule has 1 heterocycles. The van der Waals surface area contributed by atoms with Gasteiger partial charge in [-0.2, -0.15) is 5.10 Å². The molecule has 0 saturated carbocycles. The number of aromatic nitrogens is 2. The quantitative estimate of drug-likeness (QED) is 0.541. The summed E-state index contributed by atoms with van der Waals surface area (Å²) in [6, 6.07) is 0. The number of carbonyl (C=O) groups excluding carboxylic acids is 2. The normalized spacial score (nSPS) is 13.2. The van der Waals surface area contributed by atoms with Crippen LogP contribution in [0.15, 0.2) is 0 Å². The molecule has 4 heteroatoms. The van der Waals surface area contributed by atoms with E-state index in [0.29, 0.717) is 5.69 Å². The average Bonchev–Trinajstić information content (AvgIpc) is 2.58. The Morgan fingerprint density at radius 2 is 2.19 bits per heavy atom. The van der Waals surface area contributed by atoms with Crippen LogP contribution in [0.3, 0.4) is 0 Å². The van der Waals surface area contributed by atoms with Gasteiger partial charge >= 0.3 is 0 Å². The zero-order chi connectivity index (χ0) is 12.1. The van der Waals surface area contributed by atoms with E-state index < -0.39 is 0 Å². The number of aldehydes is 1. The largest absolute Gasteiger partial charge is 0.301 e. The van der Waals surface area contributed by atoms with Crippen molar-refractivity contribution in [1.29, 1.82) is 0 Å². The van der Waals surface area contributed by atoms with Crippen LogP contribution in [0.2, 0.25) is 0 Å². The first-order valence-corrected chi connectivity index (χ1v) is 5.33. The smallest absolute Gasteiger partial charge is 0.180 e. The standard InChI is InChI=1S/C12H16N2O2/c1-4-6-11-10(5-2)12(9(3)16)13-14(11)7-8-15/h5-6,8H,4,7H2,1-3H3/b10-5+,11-6+. The van der Waals surface area contributed by atoms with Crippen molar-refractivity contribution in [2.75, 3.05) is 0 Å². The molecule has 0 N–H and O–H groups in total. The van der Waals surface area contributed by atoms with E-state index in [4.69, 9.17) is 0 Å². The molecule has 0 atom stereocenters. The van der Waals surface area contributed by atoms with E-state index in [1.54, 1.807) is 4.68 Å². The van der Waals surface area contributed by atoms with Crippen LogP contribution in [0.4, 0.5) is 0 Å². The molecule has 86 valence electrons. The summed E-state index contributed by atoms with van der Waals surface area (Å²) >= 11 is 0. The van der Waals surface area contributed by atoms with Crippen LogP contribution < -0.4 is 10.6 Å². The van der Waals surface area contributed by atoms with Crippen molar-refractivity contribution in [3.05, 3.63) is 16.3 Å². The summed E-state index contributed by atoms with van der Waals surface area (Å²) in [5.74, 6) is -0.0801. The third-order valence-corrected chi connectivity index (χ3v) is 2.30. The number of hydrogen-bond acceptors (Lipinski definition) is 3. The summed E-state index contributed by atoms with van der Waals surface area (Å²) in [4.78, 5) is 21.9. The van der Waals surface area contributed by atoms with Gasteiger partial charge in [0.05, 0.1) is 11.9 Å². The maximum absolute atomic E-state index is 11.4. The maximum Gasteiger partial charge on any atom is 0.180 e. The van der Waals surface area contributed by atoms with E-state index in [1.807, 2.05) is 26.0 Å². The van der Waals surface area contributed by atoms with Crippen LogP contribution in [0.5, 0.6) is 0 Å². The van der Waals surface area contributed by atoms with Gasteiger partial charge in [-0.15, -0.1) is 0 Å². The van der Waals surface area contributed by atoms with Crippen molar-refractivity contribution in [2.45, 2.75) is 33.7 Å². The Kier molecular flexibility index (Phi) is 4.17. The Labute approximate surface area is 94.3 Å². The van der Waals surface area contributed by atoms with Crippen LogP contribution in [0, 0.1) is 0 Å². The minimum atomic E-state index is -0.0801. The fraction of sp³-hybridized carbons (Fsp3) is 0.417. The zero-order valence-corrected chi connectivity index (χ0v) is 9.86. The molecule has 1 rings (SSSR count). The van der Waals surface area contributed by atoms with Gasteiger partial charge in [0, 0.05) is 12.1 Å². The van der Waals surface area contributed by atoms with Crippen molar-refractivity contribution < 1.29 is 9.59 Å². The Bertz CT molecular complexity index is 512. The van der Waals surface area contributed by atoms with Crippen LogP contribution >= 0.6 is 0 Å². The molecule has 16 heavy (non-hydrogen) atoms. The molecule has 1 aromatic heterocycles. The lowest BCUT2D eigenvalue weighted by molar-refractivity contribution is -0.108. The molecule has 4 nitrogen and oxygen atoms in total. The first kappa shape index (κ1) is 12.4. The average molecular weight is 220 g/mol. The van der Waals surface area contributed by atoms with Gasteiger partial charge in [-0.05, 0) is 13.3 Å². The highest BCUT2D eigenvalue weighted by Gasteiger charge is 2.09. The topological polar surface area (TPSA) is 52.0 Å². The van der Waals surface area contributed by atoms with Gasteiger partial charge in [0.1, 0.15) is 12.0 Å². The van der Waals surface area contributed by atoms with Crippen molar-refractivity contribution in [2.24, 2.45) is 0 Å². The van der Waals surface area contributed by atoms with Crippen LogP contribution in [0.1, 0.15) is 37.7 Å². The molecule has 0 aromatic carbocycles. The minimum Gasteiger partial charge on any atom is -0.301 e. The van der Waals surface area contributed by atoms with Crippen molar-refractivity contribution >= 4 is 24.2 Å². The number of carbonyl (C=O) groups is 2. The van der Waals surface area contributed by atoms with Gasteiger partial charge in [0.2, 0.25) is 0 Å². The molecule has 0 aliphatic rings. The Morgan fingerprint density at radius 1 is 1.50 bits per heavy atom. The number of nitrogens with zero attached hydrogens (tertiary/aromatic N) is 2. The lowest BCUT2D eigenvalue weighted by Gasteiger charge is -1.93. The fourth-order valence-electron chi connectivity index (χ4n) is 1.65. The highest BCUT2D eigenvalue weighted by Crippen LogP contribution is 1.87. The molecule has 0 aliphatic heterocycles. The fourth-order valence-corrected chi connectivity index (χ4v) is 1.65. The molecule has 0 aliphatic carbocycles. The summed E-state index contributed by atoms with van der Waals surface area (Å²) in [6.45, 7) is 5.53. The van der Waals surface area contributed by atoms with Gasteiger partial charge in [-0.3, -0.25) is 9.48 Å². The van der Waals surface area contributed by atoms with Crippen LogP contribution in [-0.2, 0) is 11.3 Å². The molecule has 1 aromatic rings. The van der Waals surface area contributed by atoms with E-state index in [-0.39, 0.29) is 12.3 Å². The van der Waals surface area contributed by atoms with Gasteiger partial charge < -0.3 is 4.79 Å². The summed E-state index contributed by atoms with van der Waals surface area (Å²) in [6.07, 6.45) is 5.44. The SMILES string of the molecule is C/C=c1/c(C(C)=O)nn(CC=O)/c1=C/CC. The van der Waals surface area contributed by atoms with Gasteiger partial charge in [0.15, 0.2) is 5.78 Å². The molecule has 0 spiro atoms. The lowest BCUT2D eigenvalue weighted by atomic mass is 10.2. The predicted molar refractivity (Wildman–Crippen MR) is 62.4 cm³/mol. The van der Waals surface area contributed by atoms with E-state index >= 15 is 0 Å². The van der Waals surface area contributed by atoms with Gasteiger partial charge in [-0.1, -0.05) is 19.1 Å². The van der Waals surface area contributed by atoms with Gasteiger partial charge in [0.25, 0.3) is 0 Å². The Balaban J connectivity index is 3.60. The first-order chi connectivity index (χ1) is 7.65. The summed E-state index contributed by atoms with van der Waals surface area (Å²) < 4.78 is 1.57. The predicted octanol–water partition coefficient (Wildman–Crippen LogP) is 0.276. The van der Waals surface area contributed by atoms with Crippen LogP contribution in [-0.4, -0.2) is 21.8 Å². The third kappa shape index (κ3) is 2.27. The molecule has 0 bridgehead atoms. The third-order valence-electron chi connectivity index (χ3n) is 2.30. The number of rotatable bonds is 4. The minimum absolute atomic E-state index is 0.0801. The van der Waals surface area contributed by atoms with E-state index in [0.717, 1.165) is 23.3 Å².